The normalized spacial score (nSPS) is 24.2. The smallest absolute Gasteiger partial charge is 0.317 e. The number of carbonyl (C=O) groups is 1. The zero-order valence-corrected chi connectivity index (χ0v) is 14.7. The molecule has 1 spiro atoms. The number of nitrogens with one attached hydrogen (secondary N) is 1. The number of ether oxygens (including phenoxy) is 2. The predicted octanol–water partition coefficient (Wildman–Crippen LogP) is 1.52. The molecule has 0 bridgehead atoms. The Kier molecular flexibility index (Phi) is 4.76. The van der Waals surface area contributed by atoms with E-state index in [1.54, 1.807) is 11.3 Å². The highest BCUT2D eigenvalue weighted by Gasteiger charge is 2.43. The van der Waals surface area contributed by atoms with Crippen molar-refractivity contribution in [3.8, 4) is 0 Å². The Morgan fingerprint density at radius 1 is 1.29 bits per heavy atom. The van der Waals surface area contributed by atoms with Gasteiger partial charge in [-0.2, -0.15) is 0 Å². The lowest BCUT2D eigenvalue weighted by Crippen LogP contribution is -2.64. The van der Waals surface area contributed by atoms with Crippen LogP contribution in [-0.2, 0) is 15.9 Å². The van der Waals surface area contributed by atoms with E-state index < -0.39 is 0 Å². The number of piperidine rings is 1. The second kappa shape index (κ2) is 7.00. The van der Waals surface area contributed by atoms with Gasteiger partial charge in [-0.25, -0.2) is 4.79 Å². The van der Waals surface area contributed by atoms with Crippen molar-refractivity contribution in [1.29, 1.82) is 0 Å². The van der Waals surface area contributed by atoms with Crippen LogP contribution in [0.5, 0.6) is 0 Å². The summed E-state index contributed by atoms with van der Waals surface area (Å²) in [5.74, 6) is -0.306. The number of thiophene rings is 1. The lowest BCUT2D eigenvalue weighted by Gasteiger charge is -2.48. The zero-order valence-electron chi connectivity index (χ0n) is 13.9. The molecule has 0 aromatic carbocycles. The molecular weight excluding hydrogens is 326 g/mol. The average Bonchev–Trinajstić information content (AvgIpc) is 3.20. The maximum Gasteiger partial charge on any atom is 0.317 e. The highest BCUT2D eigenvalue weighted by atomic mass is 32.1. The van der Waals surface area contributed by atoms with Crippen LogP contribution in [0.25, 0.3) is 0 Å². The topological polar surface area (TPSA) is 54.0 Å². The summed E-state index contributed by atoms with van der Waals surface area (Å²) in [7, 11) is 0. The molecule has 4 rings (SSSR count). The molecule has 7 heteroatoms. The molecule has 2 amide bonds. The van der Waals surface area contributed by atoms with Crippen LogP contribution in [0.15, 0.2) is 17.5 Å². The molecule has 6 nitrogen and oxygen atoms in total. The van der Waals surface area contributed by atoms with E-state index >= 15 is 0 Å². The van der Waals surface area contributed by atoms with Gasteiger partial charge in [-0.05, 0) is 17.9 Å². The molecule has 0 radical (unpaired) electrons. The predicted molar refractivity (Wildman–Crippen MR) is 92.2 cm³/mol. The van der Waals surface area contributed by atoms with Gasteiger partial charge in [-0.15, -0.1) is 11.3 Å². The van der Waals surface area contributed by atoms with Crippen molar-refractivity contribution in [2.24, 2.45) is 0 Å². The van der Waals surface area contributed by atoms with Crippen LogP contribution in [0.2, 0.25) is 0 Å². The van der Waals surface area contributed by atoms with Crippen LogP contribution in [0.1, 0.15) is 17.7 Å². The number of carbonyl (C=O) groups excluding carboxylic acids is 1. The molecule has 1 aromatic rings. The number of hydrogen-bond acceptors (Lipinski definition) is 5. The molecule has 0 saturated carbocycles. The molecular formula is C17H25N3O3S. The van der Waals surface area contributed by atoms with E-state index in [0.29, 0.717) is 12.6 Å². The first-order valence-corrected chi connectivity index (χ1v) is 9.69. The highest BCUT2D eigenvalue weighted by molar-refractivity contribution is 7.09. The van der Waals surface area contributed by atoms with Crippen LogP contribution in [0, 0.1) is 0 Å². The second-order valence-electron chi connectivity index (χ2n) is 6.76. The number of nitrogens with zero attached hydrogens (tertiary/aromatic N) is 2. The minimum Gasteiger partial charge on any atom is -0.347 e. The zero-order chi connectivity index (χ0) is 16.4. The molecule has 24 heavy (non-hydrogen) atoms. The Balaban J connectivity index is 1.15. The van der Waals surface area contributed by atoms with Gasteiger partial charge in [0.05, 0.1) is 13.2 Å². The first-order valence-electron chi connectivity index (χ1n) is 8.81. The number of rotatable bonds is 4. The Bertz CT molecular complexity index is 543. The van der Waals surface area contributed by atoms with E-state index in [1.165, 1.54) is 4.88 Å². The minimum atomic E-state index is -0.306. The Morgan fingerprint density at radius 3 is 2.71 bits per heavy atom. The van der Waals surface area contributed by atoms with Gasteiger partial charge in [-0.3, -0.25) is 4.90 Å². The molecule has 0 atom stereocenters. The summed E-state index contributed by atoms with van der Waals surface area (Å²) in [6.07, 6.45) is 2.79. The fourth-order valence-electron chi connectivity index (χ4n) is 3.73. The summed E-state index contributed by atoms with van der Waals surface area (Å²) < 4.78 is 11.5. The summed E-state index contributed by atoms with van der Waals surface area (Å²) in [6.45, 7) is 5.82. The minimum absolute atomic E-state index is 0.0683. The lowest BCUT2D eigenvalue weighted by molar-refractivity contribution is -0.190. The molecule has 3 aliphatic heterocycles. The molecule has 132 valence electrons. The number of amides is 2. The van der Waals surface area contributed by atoms with Gasteiger partial charge in [-0.1, -0.05) is 6.07 Å². The summed E-state index contributed by atoms with van der Waals surface area (Å²) >= 11 is 1.74. The SMILES string of the molecule is O=C(NCCc1cccs1)N1CC(N2CCC3(CC2)OCCO3)C1. The first-order chi connectivity index (χ1) is 11.7. The van der Waals surface area contributed by atoms with Crippen molar-refractivity contribution in [1.82, 2.24) is 15.1 Å². The van der Waals surface area contributed by atoms with Crippen molar-refractivity contribution in [3.05, 3.63) is 22.4 Å². The van der Waals surface area contributed by atoms with Gasteiger partial charge in [0.2, 0.25) is 0 Å². The van der Waals surface area contributed by atoms with Gasteiger partial charge in [0.15, 0.2) is 5.79 Å². The Hall–Kier alpha value is -1.15. The first kappa shape index (κ1) is 16.3. The summed E-state index contributed by atoms with van der Waals surface area (Å²) in [5.41, 5.74) is 0. The van der Waals surface area contributed by atoms with E-state index in [0.717, 1.165) is 58.7 Å². The van der Waals surface area contributed by atoms with Gasteiger partial charge in [0.25, 0.3) is 0 Å². The maximum atomic E-state index is 12.1. The van der Waals surface area contributed by atoms with E-state index in [2.05, 4.69) is 21.7 Å². The lowest BCUT2D eigenvalue weighted by atomic mass is 9.99. The standard InChI is InChI=1S/C17H25N3O3S/c21-16(18-6-3-15-2-1-11-24-15)20-12-14(13-20)19-7-4-17(5-8-19)22-9-10-23-17/h1-2,11,14H,3-10,12-13H2,(H,18,21). The number of urea groups is 1. The van der Waals surface area contributed by atoms with Crippen molar-refractivity contribution < 1.29 is 14.3 Å². The average molecular weight is 351 g/mol. The van der Waals surface area contributed by atoms with Crippen LogP contribution in [0.3, 0.4) is 0 Å². The van der Waals surface area contributed by atoms with Crippen molar-refractivity contribution >= 4 is 17.4 Å². The molecule has 3 aliphatic rings. The third kappa shape index (κ3) is 3.44. The fraction of sp³-hybridized carbons (Fsp3) is 0.706. The monoisotopic (exact) mass is 351 g/mol. The number of hydrogen-bond donors (Lipinski definition) is 1. The van der Waals surface area contributed by atoms with Crippen LogP contribution in [0.4, 0.5) is 4.79 Å². The molecule has 0 unspecified atom stereocenters. The van der Waals surface area contributed by atoms with Gasteiger partial charge in [0.1, 0.15) is 0 Å². The van der Waals surface area contributed by atoms with Gasteiger partial charge >= 0.3 is 6.03 Å². The van der Waals surface area contributed by atoms with E-state index in [1.807, 2.05) is 11.0 Å². The summed E-state index contributed by atoms with van der Waals surface area (Å²) in [6, 6.07) is 4.72. The molecule has 4 heterocycles. The molecule has 3 saturated heterocycles. The maximum absolute atomic E-state index is 12.1. The van der Waals surface area contributed by atoms with E-state index in [9.17, 15) is 4.79 Å². The number of likely N-dealkylation sites (tertiary alicyclic amines) is 2. The van der Waals surface area contributed by atoms with Crippen LogP contribution >= 0.6 is 11.3 Å². The third-order valence-corrected chi connectivity index (χ3v) is 6.20. The molecule has 1 aromatic heterocycles. The van der Waals surface area contributed by atoms with Crippen molar-refractivity contribution in [2.45, 2.75) is 31.1 Å². The van der Waals surface area contributed by atoms with E-state index in [-0.39, 0.29) is 11.8 Å². The molecule has 0 aliphatic carbocycles. The third-order valence-electron chi connectivity index (χ3n) is 5.27. The van der Waals surface area contributed by atoms with Crippen LogP contribution < -0.4 is 5.32 Å². The van der Waals surface area contributed by atoms with Crippen molar-refractivity contribution in [2.75, 3.05) is 45.9 Å². The largest absolute Gasteiger partial charge is 0.347 e. The molecule has 1 N–H and O–H groups in total. The summed E-state index contributed by atoms with van der Waals surface area (Å²) in [4.78, 5) is 17.8. The Morgan fingerprint density at radius 2 is 2.04 bits per heavy atom. The highest BCUT2D eigenvalue weighted by Crippen LogP contribution is 2.33. The van der Waals surface area contributed by atoms with Crippen LogP contribution in [-0.4, -0.2) is 73.6 Å². The fourth-order valence-corrected chi connectivity index (χ4v) is 4.44. The second-order valence-corrected chi connectivity index (χ2v) is 7.80. The van der Waals surface area contributed by atoms with Crippen molar-refractivity contribution in [3.63, 3.8) is 0 Å². The van der Waals surface area contributed by atoms with Gasteiger partial charge < -0.3 is 19.7 Å². The molecule has 3 fully saturated rings. The van der Waals surface area contributed by atoms with Gasteiger partial charge in [0, 0.05) is 56.5 Å². The van der Waals surface area contributed by atoms with E-state index in [4.69, 9.17) is 9.47 Å². The quantitative estimate of drug-likeness (QED) is 0.894. The summed E-state index contributed by atoms with van der Waals surface area (Å²) in [5, 5.41) is 5.09. The Labute approximate surface area is 146 Å².